The normalized spacial score (nSPS) is 5.65. The van der Waals surface area contributed by atoms with Crippen LogP contribution in [-0.2, 0) is 21.7 Å². The van der Waals surface area contributed by atoms with Crippen LogP contribution in [0, 0.1) is 49.0 Å². The van der Waals surface area contributed by atoms with Crippen LogP contribution in [0.1, 0.15) is 13.8 Å². The van der Waals surface area contributed by atoms with Crippen LogP contribution in [0.25, 0.3) is 0 Å². The summed E-state index contributed by atoms with van der Waals surface area (Å²) in [5, 5.41) is 0. The van der Waals surface area contributed by atoms with E-state index in [9.17, 15) is 0 Å². The van der Waals surface area contributed by atoms with Gasteiger partial charge in [0.15, 0.2) is 0 Å². The van der Waals surface area contributed by atoms with Crippen molar-refractivity contribution in [1.82, 2.24) is 0 Å². The van der Waals surface area contributed by atoms with E-state index in [2.05, 4.69) is 24.3 Å². The van der Waals surface area contributed by atoms with Gasteiger partial charge in [-0.25, -0.2) is 12.1 Å². The maximum Gasteiger partial charge on any atom is 0 e. The number of hydrogen-bond donors (Lipinski definition) is 0. The minimum Gasteiger partial charge on any atom is -0.999 e. The zero-order valence-corrected chi connectivity index (χ0v) is 11.5. The Morgan fingerprint density at radius 3 is 1.41 bits per heavy atom. The molecule has 0 bridgehead atoms. The van der Waals surface area contributed by atoms with E-state index in [1.807, 2.05) is 42.2 Å². The maximum atomic E-state index is 5.96. The van der Waals surface area contributed by atoms with E-state index in [1.165, 1.54) is 0 Å². The molecule has 0 nitrogen and oxygen atoms in total. The van der Waals surface area contributed by atoms with Crippen LogP contribution >= 0.6 is 0 Å². The standard InChI is InChI=1S/C5H5.C5H.2C3H3.Ti/c2*1-2-4-5-3-1;2*1-3-2;/h1-5H;1H;2*1H3;/q-1;-5;2*-1;. The largest absolute Gasteiger partial charge is 0.999 e. The summed E-state index contributed by atoms with van der Waals surface area (Å²) in [5.74, 6) is 4.00. The topological polar surface area (TPSA) is 0 Å². The molecular weight excluding hydrogens is 240 g/mol. The second-order valence-corrected chi connectivity index (χ2v) is 2.15. The molecule has 2 aromatic rings. The van der Waals surface area contributed by atoms with Crippen LogP contribution < -0.4 is 0 Å². The Hall–Kier alpha value is -1.47. The van der Waals surface area contributed by atoms with Gasteiger partial charge in [-0.2, -0.15) is 18.2 Å². The first-order valence-corrected chi connectivity index (χ1v) is 4.49. The Morgan fingerprint density at radius 1 is 0.941 bits per heavy atom. The minimum absolute atomic E-state index is 0. The molecule has 88 valence electrons. The fraction of sp³-hybridized carbons (Fsp3) is 0.125. The summed E-state index contributed by atoms with van der Waals surface area (Å²) in [4.78, 5) is 0. The van der Waals surface area contributed by atoms with Crippen LogP contribution in [0.3, 0.4) is 0 Å². The molecule has 0 aliphatic carbocycles. The zero-order valence-electron chi connectivity index (χ0n) is 9.96. The molecule has 0 aromatic heterocycles. The third-order valence-electron chi connectivity index (χ3n) is 0.907. The van der Waals surface area contributed by atoms with Gasteiger partial charge in [-0.3, -0.25) is 0 Å². The Labute approximate surface area is 121 Å². The molecule has 0 radical (unpaired) electrons. The number of hydrogen-bond acceptors (Lipinski definition) is 0. The molecule has 2 aromatic carbocycles. The van der Waals surface area contributed by atoms with E-state index in [1.54, 1.807) is 19.9 Å². The summed E-state index contributed by atoms with van der Waals surface area (Å²) in [6, 6.07) is 22.0. The van der Waals surface area contributed by atoms with E-state index >= 15 is 0 Å². The van der Waals surface area contributed by atoms with Gasteiger partial charge >= 0.3 is 0 Å². The fourth-order valence-electron chi connectivity index (χ4n) is 0.501. The summed E-state index contributed by atoms with van der Waals surface area (Å²) in [5.41, 5.74) is 0. The second-order valence-electron chi connectivity index (χ2n) is 2.15. The Balaban J connectivity index is -0.000000157. The van der Waals surface area contributed by atoms with Crippen molar-refractivity contribution in [3.8, 4) is 11.8 Å². The van der Waals surface area contributed by atoms with E-state index in [0.717, 1.165) is 0 Å². The molecule has 0 atom stereocenters. The summed E-state index contributed by atoms with van der Waals surface area (Å²) in [6.07, 6.45) is 11.9. The van der Waals surface area contributed by atoms with Gasteiger partial charge < -0.3 is 55.0 Å². The van der Waals surface area contributed by atoms with E-state index < -0.39 is 0 Å². The van der Waals surface area contributed by atoms with Crippen LogP contribution in [0.2, 0.25) is 0 Å². The fourth-order valence-corrected chi connectivity index (χ4v) is 0.501. The van der Waals surface area contributed by atoms with Gasteiger partial charge in [0.2, 0.25) is 0 Å². The predicted octanol–water partition coefficient (Wildman–Crippen LogP) is 3.20. The molecule has 17 heavy (non-hydrogen) atoms. The molecule has 0 N–H and O–H groups in total. The monoisotopic (exact) mass is 252 g/mol. The maximum absolute atomic E-state index is 5.96. The molecular formula is C16H12Ti-8. The van der Waals surface area contributed by atoms with Gasteiger partial charge in [-0.05, 0) is 13.8 Å². The average Bonchev–Trinajstić information content (AvgIpc) is 3.00. The molecule has 0 amide bonds. The Morgan fingerprint density at radius 2 is 1.29 bits per heavy atom. The smallest absolute Gasteiger partial charge is 0 e. The Bertz CT molecular complexity index is 268. The second kappa shape index (κ2) is 24.0. The number of rotatable bonds is 0. The van der Waals surface area contributed by atoms with E-state index in [0.29, 0.717) is 0 Å². The zero-order chi connectivity index (χ0) is 12.5. The SMILES string of the molecule is [C-]#CC.[C-]#CC.[Ti].[c-]1[c-][c-][cH-][c-]1.c1cc[cH-]c1. The van der Waals surface area contributed by atoms with Gasteiger partial charge in [-0.15, -0.1) is 0 Å². The van der Waals surface area contributed by atoms with Crippen LogP contribution in [0.4, 0.5) is 0 Å². The quantitative estimate of drug-likeness (QED) is 0.383. The summed E-state index contributed by atoms with van der Waals surface area (Å²) < 4.78 is 0. The van der Waals surface area contributed by atoms with Gasteiger partial charge in [0.05, 0.1) is 0 Å². The predicted molar refractivity (Wildman–Crippen MR) is 65.0 cm³/mol. The molecule has 1 heteroatoms. The van der Waals surface area contributed by atoms with Crippen molar-refractivity contribution >= 4 is 0 Å². The minimum atomic E-state index is 0. The molecule has 0 fully saturated rings. The molecule has 0 spiro atoms. The molecule has 0 aliphatic rings. The third kappa shape index (κ3) is 31.4. The molecule has 0 saturated heterocycles. The van der Waals surface area contributed by atoms with E-state index in [4.69, 9.17) is 12.8 Å². The van der Waals surface area contributed by atoms with Crippen LogP contribution in [0.15, 0.2) is 36.4 Å². The summed E-state index contributed by atoms with van der Waals surface area (Å²) in [6.45, 7) is 3.08. The Kier molecular flexibility index (Phi) is 29.5. The van der Waals surface area contributed by atoms with Crippen molar-refractivity contribution in [2.45, 2.75) is 13.8 Å². The van der Waals surface area contributed by atoms with E-state index in [-0.39, 0.29) is 21.7 Å². The van der Waals surface area contributed by atoms with Crippen molar-refractivity contribution in [1.29, 1.82) is 0 Å². The third-order valence-corrected chi connectivity index (χ3v) is 0.907. The molecule has 0 heterocycles. The van der Waals surface area contributed by atoms with Gasteiger partial charge in [0.1, 0.15) is 0 Å². The average molecular weight is 252 g/mol. The van der Waals surface area contributed by atoms with Gasteiger partial charge in [-0.1, -0.05) is 0 Å². The van der Waals surface area contributed by atoms with Crippen molar-refractivity contribution in [3.63, 3.8) is 0 Å². The van der Waals surface area contributed by atoms with Crippen LogP contribution in [-0.4, -0.2) is 0 Å². The molecule has 0 saturated carbocycles. The van der Waals surface area contributed by atoms with Crippen molar-refractivity contribution < 1.29 is 21.7 Å². The van der Waals surface area contributed by atoms with Crippen molar-refractivity contribution in [3.05, 3.63) is 73.5 Å². The molecule has 2 rings (SSSR count). The van der Waals surface area contributed by atoms with Gasteiger partial charge in [0, 0.05) is 21.7 Å². The van der Waals surface area contributed by atoms with Crippen LogP contribution in [0.5, 0.6) is 0 Å². The first kappa shape index (κ1) is 20.9. The summed E-state index contributed by atoms with van der Waals surface area (Å²) >= 11 is 0. The van der Waals surface area contributed by atoms with Gasteiger partial charge in [0.25, 0.3) is 0 Å². The first-order chi connectivity index (χ1) is 7.83. The summed E-state index contributed by atoms with van der Waals surface area (Å²) in [7, 11) is 0. The molecule has 0 unspecified atom stereocenters. The first-order valence-electron chi connectivity index (χ1n) is 4.49. The molecule has 0 aliphatic heterocycles. The van der Waals surface area contributed by atoms with Crippen molar-refractivity contribution in [2.75, 3.05) is 0 Å². The van der Waals surface area contributed by atoms with Crippen molar-refractivity contribution in [2.24, 2.45) is 0 Å².